The van der Waals surface area contributed by atoms with Crippen LogP contribution in [-0.2, 0) is 6.42 Å². The van der Waals surface area contributed by atoms with Gasteiger partial charge in [0.2, 0.25) is 0 Å². The van der Waals surface area contributed by atoms with Crippen LogP contribution in [0.5, 0.6) is 5.75 Å². The molecule has 0 aliphatic rings. The summed E-state index contributed by atoms with van der Waals surface area (Å²) in [7, 11) is 0. The number of unbranched alkanes of at least 4 members (excludes halogenated alkanes) is 1. The monoisotopic (exact) mass is 244 g/mol. The fourth-order valence-electron chi connectivity index (χ4n) is 1.74. The molecule has 0 atom stereocenters. The molecule has 18 heavy (non-hydrogen) atoms. The predicted molar refractivity (Wildman–Crippen MR) is 79.1 cm³/mol. The summed E-state index contributed by atoms with van der Waals surface area (Å²) in [5.41, 5.74) is 2.59. The fraction of sp³-hybridized carbons (Fsp3) is 0.412. The van der Waals surface area contributed by atoms with Gasteiger partial charge in [0.05, 0.1) is 0 Å². The van der Waals surface area contributed by atoms with Gasteiger partial charge in [-0.05, 0) is 50.0 Å². The summed E-state index contributed by atoms with van der Waals surface area (Å²) in [5.74, 6) is 0.944. The van der Waals surface area contributed by atoms with Gasteiger partial charge in [-0.1, -0.05) is 43.7 Å². The average Bonchev–Trinajstić information content (AvgIpc) is 2.42. The maximum atomic E-state index is 5.75. The molecule has 1 heteroatoms. The van der Waals surface area contributed by atoms with Crippen molar-refractivity contribution in [3.05, 3.63) is 53.6 Å². The minimum absolute atomic E-state index is 0.634. The molecule has 0 N–H and O–H groups in total. The zero-order valence-corrected chi connectivity index (χ0v) is 11.8. The molecule has 0 fully saturated rings. The van der Waals surface area contributed by atoms with E-state index < -0.39 is 0 Å². The van der Waals surface area contributed by atoms with Crippen LogP contribution in [0.15, 0.2) is 48.1 Å². The summed E-state index contributed by atoms with van der Waals surface area (Å²) < 4.78 is 5.75. The zero-order chi connectivity index (χ0) is 13.2. The van der Waals surface area contributed by atoms with Crippen molar-refractivity contribution < 1.29 is 4.74 Å². The van der Waals surface area contributed by atoms with Gasteiger partial charge in [0.1, 0.15) is 12.4 Å². The molecule has 0 amide bonds. The number of ether oxygens (including phenoxy) is 1. The molecule has 0 spiro atoms. The molecule has 0 saturated carbocycles. The number of allylic oxidation sites excluding steroid dienone is 2. The van der Waals surface area contributed by atoms with Crippen LogP contribution in [-0.4, -0.2) is 6.61 Å². The van der Waals surface area contributed by atoms with Crippen LogP contribution >= 0.6 is 0 Å². The Morgan fingerprint density at radius 2 is 1.89 bits per heavy atom. The lowest BCUT2D eigenvalue weighted by Gasteiger charge is -2.07. The normalized spacial score (nSPS) is 12.1. The standard InChI is InChI=1S/C17H24O/c1-4-7-9-16-10-12-17(13-11-16)18-14-15(6-3)8-5-2/h5-6,8,10-13H,4,7,9,14H2,1-3H3/b8-5-,15-6+. The molecule has 98 valence electrons. The van der Waals surface area contributed by atoms with Gasteiger partial charge in [-0.3, -0.25) is 0 Å². The number of hydrogen-bond donors (Lipinski definition) is 0. The Balaban J connectivity index is 2.48. The van der Waals surface area contributed by atoms with Crippen LogP contribution in [0, 0.1) is 0 Å². The third-order valence-corrected chi connectivity index (χ3v) is 2.90. The van der Waals surface area contributed by atoms with Gasteiger partial charge < -0.3 is 4.74 Å². The van der Waals surface area contributed by atoms with E-state index in [1.54, 1.807) is 0 Å². The molecule has 1 rings (SSSR count). The summed E-state index contributed by atoms with van der Waals surface area (Å²) in [6.07, 6.45) is 9.85. The third-order valence-electron chi connectivity index (χ3n) is 2.90. The van der Waals surface area contributed by atoms with Crippen molar-refractivity contribution in [2.75, 3.05) is 6.61 Å². The van der Waals surface area contributed by atoms with Gasteiger partial charge in [-0.2, -0.15) is 0 Å². The largest absolute Gasteiger partial charge is 0.489 e. The second kappa shape index (κ2) is 8.57. The van der Waals surface area contributed by atoms with E-state index in [1.807, 2.05) is 19.9 Å². The predicted octanol–water partition coefficient (Wildman–Crippen LogP) is 4.93. The topological polar surface area (TPSA) is 9.23 Å². The van der Waals surface area contributed by atoms with E-state index in [0.717, 1.165) is 12.2 Å². The highest BCUT2D eigenvalue weighted by atomic mass is 16.5. The van der Waals surface area contributed by atoms with E-state index in [0.29, 0.717) is 6.61 Å². The van der Waals surface area contributed by atoms with Crippen molar-refractivity contribution in [3.8, 4) is 5.75 Å². The van der Waals surface area contributed by atoms with Crippen LogP contribution < -0.4 is 4.74 Å². The molecule has 0 aliphatic carbocycles. The van der Waals surface area contributed by atoms with E-state index >= 15 is 0 Å². The first-order chi connectivity index (χ1) is 8.80. The summed E-state index contributed by atoms with van der Waals surface area (Å²) in [5, 5.41) is 0. The van der Waals surface area contributed by atoms with E-state index in [9.17, 15) is 0 Å². The van der Waals surface area contributed by atoms with Crippen LogP contribution in [0.25, 0.3) is 0 Å². The molecule has 0 saturated heterocycles. The molecule has 0 radical (unpaired) electrons. The summed E-state index contributed by atoms with van der Waals surface area (Å²) in [4.78, 5) is 0. The molecule has 0 heterocycles. The highest BCUT2D eigenvalue weighted by Gasteiger charge is 1.97. The van der Waals surface area contributed by atoms with E-state index in [2.05, 4.69) is 43.3 Å². The van der Waals surface area contributed by atoms with Crippen LogP contribution in [0.4, 0.5) is 0 Å². The maximum Gasteiger partial charge on any atom is 0.119 e. The van der Waals surface area contributed by atoms with Crippen molar-refractivity contribution in [3.63, 3.8) is 0 Å². The molecule has 0 unspecified atom stereocenters. The van der Waals surface area contributed by atoms with Crippen molar-refractivity contribution in [1.82, 2.24) is 0 Å². The van der Waals surface area contributed by atoms with Gasteiger partial charge in [0, 0.05) is 0 Å². The van der Waals surface area contributed by atoms with E-state index in [4.69, 9.17) is 4.74 Å². The Morgan fingerprint density at radius 1 is 1.17 bits per heavy atom. The van der Waals surface area contributed by atoms with Crippen molar-refractivity contribution in [2.45, 2.75) is 40.0 Å². The second-order valence-corrected chi connectivity index (χ2v) is 4.40. The summed E-state index contributed by atoms with van der Waals surface area (Å²) in [6, 6.07) is 8.45. The first-order valence-electron chi connectivity index (χ1n) is 6.79. The fourth-order valence-corrected chi connectivity index (χ4v) is 1.74. The number of hydrogen-bond acceptors (Lipinski definition) is 1. The quantitative estimate of drug-likeness (QED) is 0.618. The average molecular weight is 244 g/mol. The Kier molecular flexibility index (Phi) is 6.93. The van der Waals surface area contributed by atoms with Gasteiger partial charge in [0.25, 0.3) is 0 Å². The van der Waals surface area contributed by atoms with Crippen LogP contribution in [0.3, 0.4) is 0 Å². The van der Waals surface area contributed by atoms with Crippen molar-refractivity contribution >= 4 is 0 Å². The Labute approximate surface area is 111 Å². The third kappa shape index (κ3) is 5.22. The first-order valence-corrected chi connectivity index (χ1v) is 6.79. The highest BCUT2D eigenvalue weighted by molar-refractivity contribution is 5.28. The van der Waals surface area contributed by atoms with Gasteiger partial charge in [-0.25, -0.2) is 0 Å². The first kappa shape index (κ1) is 14.6. The van der Waals surface area contributed by atoms with Gasteiger partial charge >= 0.3 is 0 Å². The number of rotatable bonds is 7. The van der Waals surface area contributed by atoms with Crippen LogP contribution in [0.1, 0.15) is 39.2 Å². The van der Waals surface area contributed by atoms with E-state index in [1.165, 1.54) is 24.0 Å². The molecular weight excluding hydrogens is 220 g/mol. The van der Waals surface area contributed by atoms with E-state index in [-0.39, 0.29) is 0 Å². The molecule has 0 aliphatic heterocycles. The SMILES string of the molecule is C/C=C\C(=C/C)COc1ccc(CCCC)cc1. The Bertz CT molecular complexity index is 385. The van der Waals surface area contributed by atoms with Crippen molar-refractivity contribution in [2.24, 2.45) is 0 Å². The molecule has 1 aromatic carbocycles. The molecule has 1 nitrogen and oxygen atoms in total. The lowest BCUT2D eigenvalue weighted by Crippen LogP contribution is -1.99. The highest BCUT2D eigenvalue weighted by Crippen LogP contribution is 2.15. The Morgan fingerprint density at radius 3 is 2.44 bits per heavy atom. The van der Waals surface area contributed by atoms with Gasteiger partial charge in [-0.15, -0.1) is 0 Å². The second-order valence-electron chi connectivity index (χ2n) is 4.40. The molecular formula is C17H24O. The van der Waals surface area contributed by atoms with Crippen LogP contribution in [0.2, 0.25) is 0 Å². The molecule has 1 aromatic rings. The summed E-state index contributed by atoms with van der Waals surface area (Å²) >= 11 is 0. The zero-order valence-electron chi connectivity index (χ0n) is 11.8. The lowest BCUT2D eigenvalue weighted by molar-refractivity contribution is 0.355. The number of benzene rings is 1. The lowest BCUT2D eigenvalue weighted by atomic mass is 10.1. The van der Waals surface area contributed by atoms with Crippen molar-refractivity contribution in [1.29, 1.82) is 0 Å². The number of aryl methyl sites for hydroxylation is 1. The molecule has 0 aromatic heterocycles. The van der Waals surface area contributed by atoms with Gasteiger partial charge in [0.15, 0.2) is 0 Å². The maximum absolute atomic E-state index is 5.75. The smallest absolute Gasteiger partial charge is 0.119 e. The summed E-state index contributed by atoms with van der Waals surface area (Å²) in [6.45, 7) is 6.91. The minimum Gasteiger partial charge on any atom is -0.489 e. The molecule has 0 bridgehead atoms. The Hall–Kier alpha value is -1.50. The minimum atomic E-state index is 0.634.